The van der Waals surface area contributed by atoms with Crippen LogP contribution in [0.25, 0.3) is 0 Å². The van der Waals surface area contributed by atoms with E-state index in [2.05, 4.69) is 10.2 Å². The molecule has 1 atom stereocenters. The fourth-order valence-electron chi connectivity index (χ4n) is 0.847. The molecule has 0 radical (unpaired) electrons. The van der Waals surface area contributed by atoms with Gasteiger partial charge in [-0.2, -0.15) is 15.0 Å². The average Bonchev–Trinajstić information content (AvgIpc) is 2.39. The minimum atomic E-state index is -0.135. The molecule has 62 valence electrons. The molecule has 11 heavy (non-hydrogen) atoms. The second-order valence-corrected chi connectivity index (χ2v) is 2.22. The summed E-state index contributed by atoms with van der Waals surface area (Å²) >= 11 is 0. The van der Waals surface area contributed by atoms with Crippen molar-refractivity contribution < 1.29 is 4.74 Å². The number of nitrogens with two attached hydrogens (primary N) is 1. The van der Waals surface area contributed by atoms with Crippen LogP contribution in [0.1, 0.15) is 11.8 Å². The molecule has 0 aromatic carbocycles. The SMILES string of the molecule is COC(CN)c1cnn(C)n1. The molecule has 1 aromatic heterocycles. The van der Waals surface area contributed by atoms with Crippen molar-refractivity contribution in [3.63, 3.8) is 0 Å². The molecule has 1 unspecified atom stereocenters. The number of aromatic nitrogens is 3. The van der Waals surface area contributed by atoms with E-state index in [9.17, 15) is 0 Å². The van der Waals surface area contributed by atoms with E-state index < -0.39 is 0 Å². The summed E-state index contributed by atoms with van der Waals surface area (Å²) in [7, 11) is 3.36. The fraction of sp³-hybridized carbons (Fsp3) is 0.667. The standard InChI is InChI=1S/C6H12N4O/c1-10-8-4-5(9-10)6(3-7)11-2/h4,6H,3,7H2,1-2H3. The number of aryl methyl sites for hydroxylation is 1. The molecule has 5 nitrogen and oxygen atoms in total. The zero-order chi connectivity index (χ0) is 8.27. The van der Waals surface area contributed by atoms with Gasteiger partial charge in [0.05, 0.1) is 6.20 Å². The van der Waals surface area contributed by atoms with Gasteiger partial charge in [-0.1, -0.05) is 0 Å². The van der Waals surface area contributed by atoms with Crippen LogP contribution in [0.5, 0.6) is 0 Å². The summed E-state index contributed by atoms with van der Waals surface area (Å²) in [5.41, 5.74) is 6.20. The Hall–Kier alpha value is -0.940. The van der Waals surface area contributed by atoms with E-state index in [1.165, 1.54) is 4.80 Å². The molecule has 1 aromatic rings. The molecule has 0 aliphatic carbocycles. The molecule has 1 heterocycles. The van der Waals surface area contributed by atoms with Crippen LogP contribution in [-0.4, -0.2) is 28.6 Å². The lowest BCUT2D eigenvalue weighted by Gasteiger charge is -2.07. The lowest BCUT2D eigenvalue weighted by Crippen LogP contribution is -2.14. The van der Waals surface area contributed by atoms with Gasteiger partial charge < -0.3 is 10.5 Å². The van der Waals surface area contributed by atoms with Gasteiger partial charge in [0, 0.05) is 20.7 Å². The van der Waals surface area contributed by atoms with Crippen LogP contribution in [0.2, 0.25) is 0 Å². The Morgan fingerprint density at radius 1 is 1.82 bits per heavy atom. The quantitative estimate of drug-likeness (QED) is 0.638. The van der Waals surface area contributed by atoms with Crippen molar-refractivity contribution in [1.29, 1.82) is 0 Å². The third kappa shape index (κ3) is 1.75. The lowest BCUT2D eigenvalue weighted by atomic mass is 10.3. The van der Waals surface area contributed by atoms with Crippen LogP contribution in [0.3, 0.4) is 0 Å². The van der Waals surface area contributed by atoms with Crippen molar-refractivity contribution in [3.8, 4) is 0 Å². The number of nitrogens with zero attached hydrogens (tertiary/aromatic N) is 3. The average molecular weight is 156 g/mol. The number of methoxy groups -OCH3 is 1. The second-order valence-electron chi connectivity index (χ2n) is 2.22. The molecule has 2 N–H and O–H groups in total. The van der Waals surface area contributed by atoms with Gasteiger partial charge in [-0.15, -0.1) is 0 Å². The first-order chi connectivity index (χ1) is 5.27. The molecular weight excluding hydrogens is 144 g/mol. The van der Waals surface area contributed by atoms with Crippen molar-refractivity contribution in [2.45, 2.75) is 6.10 Å². The normalized spacial score (nSPS) is 13.4. The maximum atomic E-state index is 5.42. The maximum Gasteiger partial charge on any atom is 0.115 e. The van der Waals surface area contributed by atoms with E-state index in [4.69, 9.17) is 10.5 Å². The van der Waals surface area contributed by atoms with E-state index >= 15 is 0 Å². The first-order valence-corrected chi connectivity index (χ1v) is 3.37. The number of hydrogen-bond donors (Lipinski definition) is 1. The van der Waals surface area contributed by atoms with Gasteiger partial charge in [0.1, 0.15) is 11.8 Å². The van der Waals surface area contributed by atoms with Gasteiger partial charge in [-0.25, -0.2) is 0 Å². The summed E-state index contributed by atoms with van der Waals surface area (Å²) in [5, 5.41) is 7.96. The Morgan fingerprint density at radius 2 is 2.55 bits per heavy atom. The monoisotopic (exact) mass is 156 g/mol. The Labute approximate surface area is 65.1 Å². The summed E-state index contributed by atoms with van der Waals surface area (Å²) in [4.78, 5) is 1.48. The lowest BCUT2D eigenvalue weighted by molar-refractivity contribution is 0.106. The van der Waals surface area contributed by atoms with Gasteiger partial charge in [-0.05, 0) is 0 Å². The Bertz CT molecular complexity index is 218. The molecule has 5 heteroatoms. The topological polar surface area (TPSA) is 66.0 Å². The van der Waals surface area contributed by atoms with Gasteiger partial charge >= 0.3 is 0 Å². The minimum Gasteiger partial charge on any atom is -0.374 e. The summed E-state index contributed by atoms with van der Waals surface area (Å²) in [5.74, 6) is 0. The molecule has 1 rings (SSSR count). The van der Waals surface area contributed by atoms with E-state index in [-0.39, 0.29) is 6.10 Å². The van der Waals surface area contributed by atoms with Crippen LogP contribution in [0.15, 0.2) is 6.20 Å². The predicted octanol–water partition coefficient (Wildman–Crippen LogP) is -0.539. The van der Waals surface area contributed by atoms with E-state index in [1.807, 2.05) is 0 Å². The van der Waals surface area contributed by atoms with Crippen molar-refractivity contribution >= 4 is 0 Å². The summed E-state index contributed by atoms with van der Waals surface area (Å²) in [6, 6.07) is 0. The van der Waals surface area contributed by atoms with Crippen LogP contribution in [-0.2, 0) is 11.8 Å². The number of hydrogen-bond acceptors (Lipinski definition) is 4. The highest BCUT2D eigenvalue weighted by Gasteiger charge is 2.10. The smallest absolute Gasteiger partial charge is 0.115 e. The molecule has 0 bridgehead atoms. The molecule has 0 saturated heterocycles. The van der Waals surface area contributed by atoms with Crippen LogP contribution >= 0.6 is 0 Å². The second kappa shape index (κ2) is 3.45. The van der Waals surface area contributed by atoms with Crippen LogP contribution in [0.4, 0.5) is 0 Å². The highest BCUT2D eigenvalue weighted by molar-refractivity contribution is 4.97. The molecular formula is C6H12N4O. The Balaban J connectivity index is 2.73. The van der Waals surface area contributed by atoms with E-state index in [0.717, 1.165) is 5.69 Å². The molecule has 0 spiro atoms. The third-order valence-electron chi connectivity index (χ3n) is 1.45. The fourth-order valence-corrected chi connectivity index (χ4v) is 0.847. The Kier molecular flexibility index (Phi) is 2.56. The molecule has 0 amide bonds. The summed E-state index contributed by atoms with van der Waals surface area (Å²) in [6.45, 7) is 0.426. The van der Waals surface area contributed by atoms with Gasteiger partial charge in [0.15, 0.2) is 0 Å². The largest absolute Gasteiger partial charge is 0.374 e. The van der Waals surface area contributed by atoms with Crippen molar-refractivity contribution in [2.24, 2.45) is 12.8 Å². The molecule has 0 aliphatic rings. The van der Waals surface area contributed by atoms with Crippen molar-refractivity contribution in [2.75, 3.05) is 13.7 Å². The van der Waals surface area contributed by atoms with E-state index in [0.29, 0.717) is 6.54 Å². The minimum absolute atomic E-state index is 0.135. The van der Waals surface area contributed by atoms with Crippen LogP contribution in [0, 0.1) is 0 Å². The van der Waals surface area contributed by atoms with E-state index in [1.54, 1.807) is 20.4 Å². The van der Waals surface area contributed by atoms with Crippen molar-refractivity contribution in [1.82, 2.24) is 15.0 Å². The Morgan fingerprint density at radius 3 is 2.91 bits per heavy atom. The first-order valence-electron chi connectivity index (χ1n) is 3.37. The highest BCUT2D eigenvalue weighted by atomic mass is 16.5. The molecule has 0 saturated carbocycles. The van der Waals surface area contributed by atoms with Gasteiger partial charge in [0.25, 0.3) is 0 Å². The number of rotatable bonds is 3. The van der Waals surface area contributed by atoms with Gasteiger partial charge in [0.2, 0.25) is 0 Å². The summed E-state index contributed by atoms with van der Waals surface area (Å²) < 4.78 is 5.06. The summed E-state index contributed by atoms with van der Waals surface area (Å²) in [6.07, 6.45) is 1.52. The number of ether oxygens (including phenoxy) is 1. The third-order valence-corrected chi connectivity index (χ3v) is 1.45. The molecule has 0 fully saturated rings. The maximum absolute atomic E-state index is 5.42. The highest BCUT2D eigenvalue weighted by Crippen LogP contribution is 2.09. The predicted molar refractivity (Wildman–Crippen MR) is 39.8 cm³/mol. The first kappa shape index (κ1) is 8.16. The zero-order valence-corrected chi connectivity index (χ0v) is 6.69. The zero-order valence-electron chi connectivity index (χ0n) is 6.69. The van der Waals surface area contributed by atoms with Crippen LogP contribution < -0.4 is 5.73 Å². The van der Waals surface area contributed by atoms with Crippen molar-refractivity contribution in [3.05, 3.63) is 11.9 Å². The molecule has 0 aliphatic heterocycles. The van der Waals surface area contributed by atoms with Gasteiger partial charge in [-0.3, -0.25) is 0 Å².